The number of carbonyl (C=O) groups excluding carboxylic acids is 1. The maximum absolute atomic E-state index is 11.4. The summed E-state index contributed by atoms with van der Waals surface area (Å²) >= 11 is 0. The highest BCUT2D eigenvalue weighted by Crippen LogP contribution is 2.12. The van der Waals surface area contributed by atoms with Crippen molar-refractivity contribution in [3.63, 3.8) is 0 Å². The summed E-state index contributed by atoms with van der Waals surface area (Å²) in [7, 11) is 6.71. The molecule has 0 fully saturated rings. The highest BCUT2D eigenvalue weighted by Gasteiger charge is 2.14. The van der Waals surface area contributed by atoms with E-state index in [1.807, 2.05) is 43.1 Å². The monoisotopic (exact) mass is 435 g/mol. The average Bonchev–Trinajstić information content (AvgIpc) is 2.55. The number of hydrogen-bond acceptors (Lipinski definition) is 4. The molecule has 0 bridgehead atoms. The lowest BCUT2D eigenvalue weighted by Gasteiger charge is -2.23. The molecule has 0 aliphatic rings. The molecule has 0 heterocycles. The maximum atomic E-state index is 11.4. The lowest BCUT2D eigenvalue weighted by Crippen LogP contribution is -2.41. The quantitative estimate of drug-likeness (QED) is 0.321. The van der Waals surface area contributed by atoms with Crippen LogP contribution in [0.15, 0.2) is 29.3 Å². The van der Waals surface area contributed by atoms with Crippen molar-refractivity contribution in [3.05, 3.63) is 29.8 Å². The Morgan fingerprint density at radius 2 is 1.91 bits per heavy atom. The third-order valence-electron chi connectivity index (χ3n) is 3.32. The first-order valence-electron chi connectivity index (χ1n) is 7.14. The zero-order chi connectivity index (χ0) is 16.5. The Labute approximate surface area is 155 Å². The number of esters is 1. The number of nitrogens with zero attached hydrogens (tertiary/aromatic N) is 2. The van der Waals surface area contributed by atoms with Gasteiger partial charge in [-0.25, -0.2) is 0 Å². The molecule has 1 atom stereocenters. The van der Waals surface area contributed by atoms with Gasteiger partial charge in [-0.1, -0.05) is 19.1 Å². The molecule has 0 saturated heterocycles. The van der Waals surface area contributed by atoms with Crippen molar-refractivity contribution in [2.24, 2.45) is 10.9 Å². The van der Waals surface area contributed by atoms with E-state index in [4.69, 9.17) is 9.47 Å². The number of rotatable bonds is 6. The molecule has 130 valence electrons. The van der Waals surface area contributed by atoms with Crippen molar-refractivity contribution < 1.29 is 14.3 Å². The lowest BCUT2D eigenvalue weighted by molar-refractivity contribution is -0.144. The molecule has 0 radical (unpaired) electrons. The van der Waals surface area contributed by atoms with Gasteiger partial charge >= 0.3 is 5.97 Å². The van der Waals surface area contributed by atoms with Gasteiger partial charge in [-0.3, -0.25) is 9.79 Å². The molecule has 0 aliphatic carbocycles. The summed E-state index contributed by atoms with van der Waals surface area (Å²) < 4.78 is 9.86. The lowest BCUT2D eigenvalue weighted by atomic mass is 10.2. The Kier molecular flexibility index (Phi) is 10.4. The molecule has 1 aromatic carbocycles. The van der Waals surface area contributed by atoms with Crippen molar-refractivity contribution in [3.8, 4) is 5.75 Å². The van der Waals surface area contributed by atoms with Crippen LogP contribution in [0.2, 0.25) is 0 Å². The van der Waals surface area contributed by atoms with Gasteiger partial charge in [-0.2, -0.15) is 0 Å². The third kappa shape index (κ3) is 7.06. The molecule has 0 aliphatic heterocycles. The van der Waals surface area contributed by atoms with Crippen LogP contribution in [-0.2, 0) is 16.1 Å². The summed E-state index contributed by atoms with van der Waals surface area (Å²) in [5.41, 5.74) is 1.15. The topological polar surface area (TPSA) is 63.2 Å². The first kappa shape index (κ1) is 21.5. The van der Waals surface area contributed by atoms with Gasteiger partial charge in [0.15, 0.2) is 5.96 Å². The van der Waals surface area contributed by atoms with Crippen molar-refractivity contribution in [1.82, 2.24) is 10.2 Å². The maximum Gasteiger partial charge on any atom is 0.310 e. The fourth-order valence-electron chi connectivity index (χ4n) is 1.99. The minimum Gasteiger partial charge on any atom is -0.497 e. The largest absolute Gasteiger partial charge is 0.497 e. The Bertz CT molecular complexity index is 506. The van der Waals surface area contributed by atoms with E-state index in [1.54, 1.807) is 14.2 Å². The number of aliphatic imine (C=N–C) groups is 1. The number of guanidine groups is 1. The van der Waals surface area contributed by atoms with Gasteiger partial charge in [0.2, 0.25) is 0 Å². The molecule has 0 saturated carbocycles. The molecular weight excluding hydrogens is 409 g/mol. The SMILES string of the molecule is CN=C(NCC(C)C(=O)OC)N(C)Cc1ccc(OC)cc1.I. The number of nitrogens with one attached hydrogen (secondary N) is 1. The number of ether oxygens (including phenoxy) is 2. The van der Waals surface area contributed by atoms with Crippen LogP contribution in [0, 0.1) is 5.92 Å². The minimum atomic E-state index is -0.235. The minimum absolute atomic E-state index is 0. The van der Waals surface area contributed by atoms with Gasteiger partial charge in [-0.15, -0.1) is 24.0 Å². The van der Waals surface area contributed by atoms with E-state index in [2.05, 4.69) is 10.3 Å². The smallest absolute Gasteiger partial charge is 0.310 e. The van der Waals surface area contributed by atoms with Crippen molar-refractivity contribution >= 4 is 35.9 Å². The standard InChI is InChI=1S/C16H25N3O3.HI/c1-12(15(20)22-5)10-18-16(17-2)19(3)11-13-6-8-14(21-4)9-7-13;/h6-9,12H,10-11H2,1-5H3,(H,17,18);1H. The van der Waals surface area contributed by atoms with Crippen LogP contribution in [-0.4, -0.2) is 51.7 Å². The molecule has 1 unspecified atom stereocenters. The van der Waals surface area contributed by atoms with Crippen LogP contribution in [0.1, 0.15) is 12.5 Å². The van der Waals surface area contributed by atoms with E-state index in [0.29, 0.717) is 13.1 Å². The van der Waals surface area contributed by atoms with Gasteiger partial charge < -0.3 is 19.7 Å². The third-order valence-corrected chi connectivity index (χ3v) is 3.32. The molecule has 6 nitrogen and oxygen atoms in total. The molecule has 0 spiro atoms. The fraction of sp³-hybridized carbons (Fsp3) is 0.500. The van der Waals surface area contributed by atoms with Crippen LogP contribution >= 0.6 is 24.0 Å². The van der Waals surface area contributed by atoms with Gasteiger partial charge in [0.25, 0.3) is 0 Å². The van der Waals surface area contributed by atoms with E-state index in [1.165, 1.54) is 7.11 Å². The average molecular weight is 435 g/mol. The van der Waals surface area contributed by atoms with Crippen molar-refractivity contribution in [2.45, 2.75) is 13.5 Å². The Balaban J connectivity index is 0.00000484. The molecule has 1 rings (SSSR count). The summed E-state index contributed by atoms with van der Waals surface area (Å²) in [5.74, 6) is 1.10. The highest BCUT2D eigenvalue weighted by atomic mass is 127. The first-order chi connectivity index (χ1) is 10.5. The van der Waals surface area contributed by atoms with Crippen LogP contribution in [0.25, 0.3) is 0 Å². The van der Waals surface area contributed by atoms with Gasteiger partial charge in [0.1, 0.15) is 5.75 Å². The van der Waals surface area contributed by atoms with Crippen molar-refractivity contribution in [1.29, 1.82) is 0 Å². The summed E-state index contributed by atoms with van der Waals surface area (Å²) in [6.07, 6.45) is 0. The van der Waals surface area contributed by atoms with Crippen molar-refractivity contribution in [2.75, 3.05) is 34.9 Å². The second kappa shape index (κ2) is 11.1. The van der Waals surface area contributed by atoms with Crippen LogP contribution < -0.4 is 10.1 Å². The number of benzene rings is 1. The predicted molar refractivity (Wildman–Crippen MR) is 102 cm³/mol. The van der Waals surface area contributed by atoms with E-state index < -0.39 is 0 Å². The van der Waals surface area contributed by atoms with Crippen LogP contribution in [0.4, 0.5) is 0 Å². The fourth-order valence-corrected chi connectivity index (χ4v) is 1.99. The van der Waals surface area contributed by atoms with Crippen LogP contribution in [0.3, 0.4) is 0 Å². The number of hydrogen-bond donors (Lipinski definition) is 1. The Morgan fingerprint density at radius 1 is 1.30 bits per heavy atom. The second-order valence-corrected chi connectivity index (χ2v) is 5.06. The first-order valence-corrected chi connectivity index (χ1v) is 7.14. The van der Waals surface area contributed by atoms with Gasteiger partial charge in [-0.05, 0) is 17.7 Å². The zero-order valence-corrected chi connectivity index (χ0v) is 16.7. The molecule has 23 heavy (non-hydrogen) atoms. The van der Waals surface area contributed by atoms with Crippen LogP contribution in [0.5, 0.6) is 5.75 Å². The summed E-state index contributed by atoms with van der Waals surface area (Å²) in [6.45, 7) is 3.00. The molecule has 0 amide bonds. The zero-order valence-electron chi connectivity index (χ0n) is 14.3. The Morgan fingerprint density at radius 3 is 2.39 bits per heavy atom. The second-order valence-electron chi connectivity index (χ2n) is 5.06. The van der Waals surface area contributed by atoms with E-state index in [0.717, 1.165) is 17.3 Å². The molecule has 0 aromatic heterocycles. The normalized spacial score (nSPS) is 12.0. The number of methoxy groups -OCH3 is 2. The number of halogens is 1. The van der Waals surface area contributed by atoms with E-state index in [-0.39, 0.29) is 35.9 Å². The molecule has 7 heteroatoms. The summed E-state index contributed by atoms with van der Waals surface area (Å²) in [4.78, 5) is 17.6. The molecule has 1 aromatic rings. The molecular formula is C16H26IN3O3. The predicted octanol–water partition coefficient (Wildman–Crippen LogP) is 2.13. The summed E-state index contributed by atoms with van der Waals surface area (Å²) in [5, 5.41) is 3.18. The summed E-state index contributed by atoms with van der Waals surface area (Å²) in [6, 6.07) is 7.89. The van der Waals surface area contributed by atoms with Gasteiger partial charge in [0, 0.05) is 27.2 Å². The van der Waals surface area contributed by atoms with E-state index in [9.17, 15) is 4.79 Å². The number of carbonyl (C=O) groups is 1. The van der Waals surface area contributed by atoms with E-state index >= 15 is 0 Å². The van der Waals surface area contributed by atoms with Gasteiger partial charge in [0.05, 0.1) is 20.1 Å². The Hall–Kier alpha value is -1.51. The molecule has 1 N–H and O–H groups in total. The highest BCUT2D eigenvalue weighted by molar-refractivity contribution is 14.0.